The first-order valence-corrected chi connectivity index (χ1v) is 8.31. The van der Waals surface area contributed by atoms with Crippen molar-refractivity contribution < 1.29 is 9.84 Å². The van der Waals surface area contributed by atoms with Gasteiger partial charge in [-0.05, 0) is 82.6 Å². The van der Waals surface area contributed by atoms with E-state index in [1.54, 1.807) is 0 Å². The van der Waals surface area contributed by atoms with Gasteiger partial charge in [-0.25, -0.2) is 0 Å². The molecule has 0 saturated carbocycles. The Hall–Kier alpha value is -1.44. The second kappa shape index (κ2) is 5.98. The molecule has 0 aromatic heterocycles. The number of phenolic OH excluding ortho intramolecular Hbond substituents is 1. The lowest BCUT2D eigenvalue weighted by Gasteiger charge is -2.37. The van der Waals surface area contributed by atoms with Crippen molar-refractivity contribution in [1.82, 2.24) is 0 Å². The van der Waals surface area contributed by atoms with E-state index in [-0.39, 0.29) is 5.60 Å². The van der Waals surface area contributed by atoms with Gasteiger partial charge in [0.05, 0.1) is 0 Å². The van der Waals surface area contributed by atoms with Gasteiger partial charge in [-0.2, -0.15) is 0 Å². The highest BCUT2D eigenvalue weighted by Crippen LogP contribution is 2.40. The van der Waals surface area contributed by atoms with Crippen molar-refractivity contribution in [3.8, 4) is 11.5 Å². The molecule has 1 aliphatic carbocycles. The number of phenols is 1. The number of aromatic hydroxyl groups is 1. The second-order valence-electron chi connectivity index (χ2n) is 7.43. The molecule has 2 atom stereocenters. The van der Waals surface area contributed by atoms with Crippen LogP contribution in [0.15, 0.2) is 12.2 Å². The van der Waals surface area contributed by atoms with Crippen LogP contribution in [0.5, 0.6) is 11.5 Å². The molecule has 0 amide bonds. The normalized spacial score (nSPS) is 22.0. The summed E-state index contributed by atoms with van der Waals surface area (Å²) in [7, 11) is 0. The van der Waals surface area contributed by atoms with E-state index >= 15 is 0 Å². The van der Waals surface area contributed by atoms with E-state index in [9.17, 15) is 5.11 Å². The summed E-state index contributed by atoms with van der Waals surface area (Å²) in [5.41, 5.74) is 3.68. The molecule has 0 bridgehead atoms. The number of hydrogen-bond acceptors (Lipinski definition) is 2. The summed E-state index contributed by atoms with van der Waals surface area (Å²) < 4.78 is 6.49. The molecule has 2 nitrogen and oxygen atoms in total. The van der Waals surface area contributed by atoms with E-state index in [1.807, 2.05) is 27.7 Å². The van der Waals surface area contributed by atoms with Crippen LogP contribution in [0.4, 0.5) is 0 Å². The Morgan fingerprint density at radius 1 is 0.955 bits per heavy atom. The molecular weight excluding hydrogens is 272 g/mol. The van der Waals surface area contributed by atoms with Crippen LogP contribution in [0, 0.1) is 39.5 Å². The molecule has 0 spiro atoms. The lowest BCUT2D eigenvalue weighted by molar-refractivity contribution is 0.0544. The summed E-state index contributed by atoms with van der Waals surface area (Å²) in [6.45, 7) is 14.6. The molecule has 1 aromatic rings. The SMILES string of the molecule is Cc1c(C)c(OC(C)(C)C2C=C[C@H](C)CC2)c(C)c(C)c1O. The van der Waals surface area contributed by atoms with E-state index in [0.29, 0.717) is 17.6 Å². The van der Waals surface area contributed by atoms with Crippen molar-refractivity contribution in [2.24, 2.45) is 11.8 Å². The van der Waals surface area contributed by atoms with Crippen molar-refractivity contribution in [3.63, 3.8) is 0 Å². The van der Waals surface area contributed by atoms with Gasteiger partial charge < -0.3 is 9.84 Å². The molecule has 122 valence electrons. The molecule has 1 aromatic carbocycles. The van der Waals surface area contributed by atoms with Crippen molar-refractivity contribution >= 4 is 0 Å². The van der Waals surface area contributed by atoms with Gasteiger partial charge in [0.1, 0.15) is 17.1 Å². The van der Waals surface area contributed by atoms with E-state index in [0.717, 1.165) is 28.0 Å². The number of ether oxygens (including phenoxy) is 1. The molecule has 22 heavy (non-hydrogen) atoms. The summed E-state index contributed by atoms with van der Waals surface area (Å²) in [5, 5.41) is 10.2. The summed E-state index contributed by atoms with van der Waals surface area (Å²) >= 11 is 0. The molecule has 0 saturated heterocycles. The van der Waals surface area contributed by atoms with Gasteiger partial charge in [0.15, 0.2) is 0 Å². The lowest BCUT2D eigenvalue weighted by atomic mass is 9.80. The third-order valence-corrected chi connectivity index (χ3v) is 5.38. The average Bonchev–Trinajstić information content (AvgIpc) is 2.48. The van der Waals surface area contributed by atoms with E-state index in [2.05, 4.69) is 32.9 Å². The number of allylic oxidation sites excluding steroid dienone is 1. The van der Waals surface area contributed by atoms with Crippen LogP contribution in [0.1, 0.15) is 55.9 Å². The van der Waals surface area contributed by atoms with Gasteiger partial charge in [-0.15, -0.1) is 0 Å². The highest BCUT2D eigenvalue weighted by Gasteiger charge is 2.33. The minimum Gasteiger partial charge on any atom is -0.507 e. The van der Waals surface area contributed by atoms with Crippen LogP contribution >= 0.6 is 0 Å². The summed E-state index contributed by atoms with van der Waals surface area (Å²) in [6, 6.07) is 0. The molecule has 0 aliphatic heterocycles. The van der Waals surface area contributed by atoms with E-state index < -0.39 is 0 Å². The summed E-state index contributed by atoms with van der Waals surface area (Å²) in [4.78, 5) is 0. The van der Waals surface area contributed by atoms with Crippen molar-refractivity contribution in [3.05, 3.63) is 34.4 Å². The first-order valence-electron chi connectivity index (χ1n) is 8.31. The summed E-state index contributed by atoms with van der Waals surface area (Å²) in [5.74, 6) is 2.43. The fourth-order valence-electron chi connectivity index (χ4n) is 3.29. The first-order chi connectivity index (χ1) is 10.1. The second-order valence-corrected chi connectivity index (χ2v) is 7.43. The zero-order valence-corrected chi connectivity index (χ0v) is 15.1. The van der Waals surface area contributed by atoms with Crippen LogP contribution in [-0.2, 0) is 0 Å². The van der Waals surface area contributed by atoms with Crippen LogP contribution in [0.2, 0.25) is 0 Å². The van der Waals surface area contributed by atoms with Gasteiger partial charge >= 0.3 is 0 Å². The predicted molar refractivity (Wildman–Crippen MR) is 92.8 cm³/mol. The maximum atomic E-state index is 10.2. The third kappa shape index (κ3) is 3.02. The van der Waals surface area contributed by atoms with Gasteiger partial charge in [0.2, 0.25) is 0 Å². The van der Waals surface area contributed by atoms with Crippen molar-refractivity contribution in [1.29, 1.82) is 0 Å². The Balaban J connectivity index is 2.36. The monoisotopic (exact) mass is 302 g/mol. The fraction of sp³-hybridized carbons (Fsp3) is 0.600. The standard InChI is InChI=1S/C20H30O2/c1-12-8-10-17(11-9-12)20(6,7)22-19-15(4)13(2)18(21)14(3)16(19)5/h8,10,12,17,21H,9,11H2,1-7H3/t12-,17?/m0/s1. The number of benzene rings is 1. The highest BCUT2D eigenvalue weighted by molar-refractivity contribution is 5.56. The predicted octanol–water partition coefficient (Wildman–Crippen LogP) is 5.39. The van der Waals surface area contributed by atoms with Crippen LogP contribution in [0.3, 0.4) is 0 Å². The van der Waals surface area contributed by atoms with Crippen LogP contribution < -0.4 is 4.74 Å². The topological polar surface area (TPSA) is 29.5 Å². The van der Waals surface area contributed by atoms with Gasteiger partial charge in [0.25, 0.3) is 0 Å². The first kappa shape index (κ1) is 16.9. The minimum atomic E-state index is -0.248. The van der Waals surface area contributed by atoms with Gasteiger partial charge in [0, 0.05) is 5.92 Å². The molecule has 2 heteroatoms. The molecule has 0 heterocycles. The smallest absolute Gasteiger partial charge is 0.126 e. The van der Waals surface area contributed by atoms with Gasteiger partial charge in [-0.3, -0.25) is 0 Å². The molecule has 0 radical (unpaired) electrons. The molecule has 1 aliphatic rings. The lowest BCUT2D eigenvalue weighted by Crippen LogP contribution is -2.38. The van der Waals surface area contributed by atoms with E-state index in [4.69, 9.17) is 4.74 Å². The van der Waals surface area contributed by atoms with Crippen LogP contribution in [0.25, 0.3) is 0 Å². The average molecular weight is 302 g/mol. The van der Waals surface area contributed by atoms with Crippen molar-refractivity contribution in [2.45, 2.75) is 66.9 Å². The minimum absolute atomic E-state index is 0.248. The Labute approximate surface area is 135 Å². The number of rotatable bonds is 3. The molecule has 1 N–H and O–H groups in total. The molecule has 0 fully saturated rings. The summed E-state index contributed by atoms with van der Waals surface area (Å²) in [6.07, 6.45) is 7.02. The molecular formula is C20H30O2. The highest BCUT2D eigenvalue weighted by atomic mass is 16.5. The zero-order valence-electron chi connectivity index (χ0n) is 15.1. The Kier molecular flexibility index (Phi) is 4.60. The van der Waals surface area contributed by atoms with E-state index in [1.165, 1.54) is 12.8 Å². The Morgan fingerprint density at radius 3 is 1.95 bits per heavy atom. The zero-order chi connectivity index (χ0) is 16.7. The Morgan fingerprint density at radius 2 is 1.50 bits per heavy atom. The largest absolute Gasteiger partial charge is 0.507 e. The molecule has 2 rings (SSSR count). The maximum absolute atomic E-state index is 10.2. The maximum Gasteiger partial charge on any atom is 0.126 e. The fourth-order valence-corrected chi connectivity index (χ4v) is 3.29. The quantitative estimate of drug-likeness (QED) is 0.759. The Bertz CT molecular complexity index is 567. The van der Waals surface area contributed by atoms with Gasteiger partial charge in [-0.1, -0.05) is 19.1 Å². The van der Waals surface area contributed by atoms with Crippen molar-refractivity contribution in [2.75, 3.05) is 0 Å². The number of hydrogen-bond donors (Lipinski definition) is 1. The third-order valence-electron chi connectivity index (χ3n) is 5.38. The molecule has 1 unspecified atom stereocenters. The van der Waals surface area contributed by atoms with Crippen LogP contribution in [-0.4, -0.2) is 10.7 Å².